The van der Waals surface area contributed by atoms with Crippen molar-refractivity contribution in [3.8, 4) is 0 Å². The van der Waals surface area contributed by atoms with E-state index >= 15 is 0 Å². The van der Waals surface area contributed by atoms with Crippen LogP contribution in [0.5, 0.6) is 0 Å². The van der Waals surface area contributed by atoms with Crippen LogP contribution in [0.25, 0.3) is 11.0 Å². The topological polar surface area (TPSA) is 28.4 Å². The van der Waals surface area contributed by atoms with E-state index in [9.17, 15) is 0 Å². The van der Waals surface area contributed by atoms with Gasteiger partial charge in [-0.1, -0.05) is 0 Å². The van der Waals surface area contributed by atoms with Crippen molar-refractivity contribution in [2.45, 2.75) is 0 Å². The maximum atomic E-state index is 5.41. The monoisotopic (exact) mass is 202 g/mol. The highest BCUT2D eigenvalue weighted by atomic mass is 16.3. The third-order valence-corrected chi connectivity index (χ3v) is 2.92. The molecule has 3 heteroatoms. The summed E-state index contributed by atoms with van der Waals surface area (Å²) in [6, 6.07) is 8.41. The Morgan fingerprint density at radius 1 is 1.13 bits per heavy atom. The lowest BCUT2D eigenvalue weighted by atomic mass is 10.2. The molecule has 1 N–H and O–H groups in total. The first-order valence-electron chi connectivity index (χ1n) is 5.36. The zero-order valence-corrected chi connectivity index (χ0v) is 8.57. The average molecular weight is 202 g/mol. The van der Waals surface area contributed by atoms with E-state index in [0.29, 0.717) is 0 Å². The lowest BCUT2D eigenvalue weighted by Gasteiger charge is -2.29. The van der Waals surface area contributed by atoms with Gasteiger partial charge in [-0.25, -0.2) is 0 Å². The van der Waals surface area contributed by atoms with E-state index in [2.05, 4.69) is 28.4 Å². The van der Waals surface area contributed by atoms with Crippen molar-refractivity contribution in [2.24, 2.45) is 0 Å². The molecule has 1 aromatic heterocycles. The Morgan fingerprint density at radius 3 is 2.87 bits per heavy atom. The summed E-state index contributed by atoms with van der Waals surface area (Å²) in [5.74, 6) is 0. The second kappa shape index (κ2) is 3.59. The van der Waals surface area contributed by atoms with Crippen LogP contribution in [0.15, 0.2) is 34.9 Å². The zero-order valence-electron chi connectivity index (χ0n) is 8.57. The molecule has 0 saturated carbocycles. The SMILES string of the molecule is c1cc2ccc(N3CCNCC3)cc2o1. The molecule has 1 aromatic carbocycles. The number of nitrogens with one attached hydrogen (secondary N) is 1. The third kappa shape index (κ3) is 1.59. The first-order chi connectivity index (χ1) is 7.43. The maximum Gasteiger partial charge on any atom is 0.135 e. The van der Waals surface area contributed by atoms with Gasteiger partial charge < -0.3 is 14.6 Å². The maximum absolute atomic E-state index is 5.41. The largest absolute Gasteiger partial charge is 0.464 e. The average Bonchev–Trinajstić information content (AvgIpc) is 2.77. The zero-order chi connectivity index (χ0) is 10.1. The van der Waals surface area contributed by atoms with Crippen LogP contribution < -0.4 is 10.2 Å². The minimum Gasteiger partial charge on any atom is -0.464 e. The van der Waals surface area contributed by atoms with E-state index in [1.54, 1.807) is 6.26 Å². The second-order valence-corrected chi connectivity index (χ2v) is 3.88. The van der Waals surface area contributed by atoms with Gasteiger partial charge in [0.25, 0.3) is 0 Å². The number of fused-ring (bicyclic) bond motifs is 1. The highest BCUT2D eigenvalue weighted by Crippen LogP contribution is 2.23. The number of furan rings is 1. The van der Waals surface area contributed by atoms with Crippen molar-refractivity contribution < 1.29 is 4.42 Å². The normalized spacial score (nSPS) is 17.2. The summed E-state index contributed by atoms with van der Waals surface area (Å²) in [4.78, 5) is 2.39. The summed E-state index contributed by atoms with van der Waals surface area (Å²) >= 11 is 0. The Kier molecular flexibility index (Phi) is 2.10. The number of hydrogen-bond donors (Lipinski definition) is 1. The second-order valence-electron chi connectivity index (χ2n) is 3.88. The molecule has 0 atom stereocenters. The molecule has 0 amide bonds. The van der Waals surface area contributed by atoms with Gasteiger partial charge >= 0.3 is 0 Å². The van der Waals surface area contributed by atoms with Gasteiger partial charge in [-0.15, -0.1) is 0 Å². The number of benzene rings is 1. The summed E-state index contributed by atoms with van der Waals surface area (Å²) < 4.78 is 5.41. The molecule has 0 radical (unpaired) electrons. The number of hydrogen-bond acceptors (Lipinski definition) is 3. The summed E-state index contributed by atoms with van der Waals surface area (Å²) in [5, 5.41) is 4.53. The van der Waals surface area contributed by atoms with Gasteiger partial charge in [0.05, 0.1) is 6.26 Å². The standard InChI is InChI=1S/C12H14N2O/c1-2-11(14-6-4-13-5-7-14)9-12-10(1)3-8-15-12/h1-3,8-9,13H,4-7H2. The molecule has 0 spiro atoms. The molecular weight excluding hydrogens is 188 g/mol. The summed E-state index contributed by atoms with van der Waals surface area (Å²) in [6.07, 6.45) is 1.74. The molecule has 2 aromatic rings. The van der Waals surface area contributed by atoms with Crippen molar-refractivity contribution in [3.63, 3.8) is 0 Å². The first kappa shape index (κ1) is 8.80. The quantitative estimate of drug-likeness (QED) is 0.765. The minimum absolute atomic E-state index is 0.978. The summed E-state index contributed by atoms with van der Waals surface area (Å²) in [6.45, 7) is 4.28. The highest BCUT2D eigenvalue weighted by molar-refractivity contribution is 5.81. The molecule has 2 heterocycles. The Bertz CT molecular complexity index is 457. The van der Waals surface area contributed by atoms with Gasteiger partial charge in [0.15, 0.2) is 0 Å². The molecular formula is C12H14N2O. The van der Waals surface area contributed by atoms with Crippen LogP contribution in [0, 0.1) is 0 Å². The predicted molar refractivity (Wildman–Crippen MR) is 61.3 cm³/mol. The molecule has 1 saturated heterocycles. The van der Waals surface area contributed by atoms with Crippen molar-refractivity contribution >= 4 is 16.7 Å². The molecule has 0 bridgehead atoms. The van der Waals surface area contributed by atoms with Crippen molar-refractivity contribution in [2.75, 3.05) is 31.1 Å². The number of nitrogens with zero attached hydrogens (tertiary/aromatic N) is 1. The molecule has 78 valence electrons. The van der Waals surface area contributed by atoms with Crippen molar-refractivity contribution in [1.82, 2.24) is 5.32 Å². The lowest BCUT2D eigenvalue weighted by molar-refractivity contribution is 0.587. The van der Waals surface area contributed by atoms with Gasteiger partial charge in [0.1, 0.15) is 5.58 Å². The van der Waals surface area contributed by atoms with Crippen LogP contribution in [0.1, 0.15) is 0 Å². The van der Waals surface area contributed by atoms with E-state index in [4.69, 9.17) is 4.42 Å². The van der Waals surface area contributed by atoms with Crippen molar-refractivity contribution in [3.05, 3.63) is 30.5 Å². The van der Waals surface area contributed by atoms with Crippen LogP contribution in [0.2, 0.25) is 0 Å². The van der Waals surface area contributed by atoms with Crippen molar-refractivity contribution in [1.29, 1.82) is 0 Å². The lowest BCUT2D eigenvalue weighted by Crippen LogP contribution is -2.43. The first-order valence-corrected chi connectivity index (χ1v) is 5.36. The van der Waals surface area contributed by atoms with Crippen LogP contribution in [0.3, 0.4) is 0 Å². The van der Waals surface area contributed by atoms with Gasteiger partial charge in [0, 0.05) is 43.3 Å². The van der Waals surface area contributed by atoms with E-state index in [1.165, 1.54) is 11.1 Å². The Morgan fingerprint density at radius 2 is 2.00 bits per heavy atom. The molecule has 0 unspecified atom stereocenters. The van der Waals surface area contributed by atoms with Gasteiger partial charge in [-0.05, 0) is 18.2 Å². The number of piperazine rings is 1. The number of anilines is 1. The molecule has 15 heavy (non-hydrogen) atoms. The fraction of sp³-hybridized carbons (Fsp3) is 0.333. The highest BCUT2D eigenvalue weighted by Gasteiger charge is 2.10. The van der Waals surface area contributed by atoms with Crippen LogP contribution in [-0.2, 0) is 0 Å². The van der Waals surface area contributed by atoms with E-state index in [1.807, 2.05) is 6.07 Å². The van der Waals surface area contributed by atoms with E-state index in [0.717, 1.165) is 31.8 Å². The molecule has 1 aliphatic rings. The van der Waals surface area contributed by atoms with Crippen LogP contribution in [-0.4, -0.2) is 26.2 Å². The fourth-order valence-corrected chi connectivity index (χ4v) is 2.06. The Hall–Kier alpha value is -1.48. The van der Waals surface area contributed by atoms with Crippen LogP contribution >= 0.6 is 0 Å². The molecule has 1 fully saturated rings. The number of rotatable bonds is 1. The summed E-state index contributed by atoms with van der Waals surface area (Å²) in [5.41, 5.74) is 2.24. The van der Waals surface area contributed by atoms with E-state index in [-0.39, 0.29) is 0 Å². The van der Waals surface area contributed by atoms with E-state index < -0.39 is 0 Å². The smallest absolute Gasteiger partial charge is 0.135 e. The fourth-order valence-electron chi connectivity index (χ4n) is 2.06. The van der Waals surface area contributed by atoms with Crippen LogP contribution in [0.4, 0.5) is 5.69 Å². The Balaban J connectivity index is 1.95. The predicted octanol–water partition coefficient (Wildman–Crippen LogP) is 1.84. The minimum atomic E-state index is 0.978. The molecule has 0 aliphatic carbocycles. The third-order valence-electron chi connectivity index (χ3n) is 2.92. The molecule has 3 rings (SSSR count). The summed E-state index contributed by atoms with van der Waals surface area (Å²) in [7, 11) is 0. The Labute approximate surface area is 88.7 Å². The van der Waals surface area contributed by atoms with Gasteiger partial charge in [-0.3, -0.25) is 0 Å². The van der Waals surface area contributed by atoms with Gasteiger partial charge in [0.2, 0.25) is 0 Å². The molecule has 3 nitrogen and oxygen atoms in total. The van der Waals surface area contributed by atoms with Gasteiger partial charge in [-0.2, -0.15) is 0 Å². The molecule has 1 aliphatic heterocycles.